The zero-order valence-electron chi connectivity index (χ0n) is 6.44. The monoisotopic (exact) mass is 168 g/mol. The van der Waals surface area contributed by atoms with Crippen molar-refractivity contribution in [1.29, 1.82) is 0 Å². The summed E-state index contributed by atoms with van der Waals surface area (Å²) in [4.78, 5) is 14.9. The zero-order chi connectivity index (χ0) is 8.97. The predicted molar refractivity (Wildman–Crippen MR) is 42.6 cm³/mol. The first-order valence-corrected chi connectivity index (χ1v) is 3.28. The number of hydrogen-bond donors (Lipinski definition) is 2. The topological polar surface area (TPSA) is 70.9 Å². The van der Waals surface area contributed by atoms with Gasteiger partial charge in [0.15, 0.2) is 5.84 Å². The molecule has 1 aliphatic rings. The van der Waals surface area contributed by atoms with Crippen LogP contribution in [0.2, 0.25) is 0 Å². The number of amidine groups is 1. The summed E-state index contributed by atoms with van der Waals surface area (Å²) in [6.07, 6.45) is 3.67. The van der Waals surface area contributed by atoms with Gasteiger partial charge in [-0.2, -0.15) is 0 Å². The molecule has 0 radical (unpaired) electrons. The molecule has 0 aromatic heterocycles. The summed E-state index contributed by atoms with van der Waals surface area (Å²) in [5.74, 6) is 0.768. The molecule has 0 aromatic rings. The SMILES string of the molecule is CC1=CC=CC(NC(=O)O)=NO1. The first-order valence-electron chi connectivity index (χ1n) is 3.28. The molecule has 64 valence electrons. The average Bonchev–Trinajstić information content (AvgIpc) is 2.15. The van der Waals surface area contributed by atoms with Crippen LogP contribution in [-0.4, -0.2) is 17.0 Å². The van der Waals surface area contributed by atoms with Gasteiger partial charge in [-0.1, -0.05) is 11.2 Å². The van der Waals surface area contributed by atoms with Crippen molar-refractivity contribution in [3.63, 3.8) is 0 Å². The highest BCUT2D eigenvalue weighted by atomic mass is 16.6. The fourth-order valence-electron chi connectivity index (χ4n) is 0.631. The highest BCUT2D eigenvalue weighted by Crippen LogP contribution is 2.00. The second-order valence-corrected chi connectivity index (χ2v) is 2.13. The Morgan fingerprint density at radius 1 is 1.75 bits per heavy atom. The molecule has 0 unspecified atom stereocenters. The fraction of sp³-hybridized carbons (Fsp3) is 0.143. The second-order valence-electron chi connectivity index (χ2n) is 2.13. The van der Waals surface area contributed by atoms with Crippen molar-refractivity contribution in [2.75, 3.05) is 0 Å². The van der Waals surface area contributed by atoms with Crippen LogP contribution in [0, 0.1) is 0 Å². The lowest BCUT2D eigenvalue weighted by Crippen LogP contribution is -2.27. The van der Waals surface area contributed by atoms with E-state index in [2.05, 4.69) is 10.5 Å². The Morgan fingerprint density at radius 2 is 2.50 bits per heavy atom. The average molecular weight is 168 g/mol. The van der Waals surface area contributed by atoms with E-state index in [9.17, 15) is 4.79 Å². The van der Waals surface area contributed by atoms with E-state index in [1.54, 1.807) is 19.1 Å². The van der Waals surface area contributed by atoms with Crippen molar-refractivity contribution in [3.05, 3.63) is 24.0 Å². The van der Waals surface area contributed by atoms with E-state index in [0.29, 0.717) is 5.76 Å². The van der Waals surface area contributed by atoms with Gasteiger partial charge in [0.25, 0.3) is 0 Å². The first-order chi connectivity index (χ1) is 5.68. The largest absolute Gasteiger partial charge is 0.465 e. The third kappa shape index (κ3) is 2.45. The number of carboxylic acid groups (broad SMARTS) is 1. The molecule has 0 aromatic carbocycles. The van der Waals surface area contributed by atoms with Crippen molar-refractivity contribution in [1.82, 2.24) is 5.32 Å². The van der Waals surface area contributed by atoms with Crippen LogP contribution < -0.4 is 5.32 Å². The number of nitrogens with one attached hydrogen (secondary N) is 1. The Labute approximate surface area is 69.0 Å². The van der Waals surface area contributed by atoms with Crippen molar-refractivity contribution in [2.24, 2.45) is 5.16 Å². The molecule has 0 spiro atoms. The minimum atomic E-state index is -1.17. The molecule has 0 saturated heterocycles. The molecule has 0 bridgehead atoms. The van der Waals surface area contributed by atoms with E-state index in [1.165, 1.54) is 6.08 Å². The molecule has 1 amide bonds. The van der Waals surface area contributed by atoms with E-state index in [1.807, 2.05) is 0 Å². The maximum absolute atomic E-state index is 10.2. The number of hydrogen-bond acceptors (Lipinski definition) is 3. The molecule has 1 aliphatic heterocycles. The maximum atomic E-state index is 10.2. The van der Waals surface area contributed by atoms with Crippen LogP contribution >= 0.6 is 0 Å². The third-order valence-corrected chi connectivity index (χ3v) is 1.11. The highest BCUT2D eigenvalue weighted by molar-refractivity contribution is 6.01. The number of nitrogens with zero attached hydrogens (tertiary/aromatic N) is 1. The lowest BCUT2D eigenvalue weighted by Gasteiger charge is -1.98. The van der Waals surface area contributed by atoms with Crippen LogP contribution in [0.1, 0.15) is 6.92 Å². The minimum Gasteiger partial charge on any atom is -0.465 e. The minimum absolute atomic E-state index is 0.163. The van der Waals surface area contributed by atoms with E-state index in [0.717, 1.165) is 0 Å². The van der Waals surface area contributed by atoms with E-state index in [-0.39, 0.29) is 5.84 Å². The standard InChI is InChI=1S/C7H8N2O3/c1-5-3-2-4-6(9-12-5)8-7(10)11/h2-4H,1H3,(H,8,9)(H,10,11). The summed E-state index contributed by atoms with van der Waals surface area (Å²) < 4.78 is 0. The molecule has 0 saturated carbocycles. The molecular weight excluding hydrogens is 160 g/mol. The zero-order valence-corrected chi connectivity index (χ0v) is 6.44. The Balaban J connectivity index is 2.64. The first kappa shape index (κ1) is 8.32. The summed E-state index contributed by atoms with van der Waals surface area (Å²) in [7, 11) is 0. The van der Waals surface area contributed by atoms with Gasteiger partial charge in [0.1, 0.15) is 5.76 Å². The van der Waals surface area contributed by atoms with Gasteiger partial charge in [0, 0.05) is 0 Å². The molecule has 12 heavy (non-hydrogen) atoms. The summed E-state index contributed by atoms with van der Waals surface area (Å²) in [6, 6.07) is 0. The fourth-order valence-corrected chi connectivity index (χ4v) is 0.631. The van der Waals surface area contributed by atoms with Crippen molar-refractivity contribution >= 4 is 11.9 Å². The van der Waals surface area contributed by atoms with E-state index < -0.39 is 6.09 Å². The molecule has 0 fully saturated rings. The normalized spacial score (nSPS) is 15.4. The molecule has 0 aliphatic carbocycles. The van der Waals surface area contributed by atoms with Gasteiger partial charge in [-0.3, -0.25) is 5.32 Å². The van der Waals surface area contributed by atoms with Gasteiger partial charge < -0.3 is 9.94 Å². The Morgan fingerprint density at radius 3 is 3.17 bits per heavy atom. The van der Waals surface area contributed by atoms with Crippen LogP contribution in [0.25, 0.3) is 0 Å². The van der Waals surface area contributed by atoms with Crippen molar-refractivity contribution < 1.29 is 14.7 Å². The van der Waals surface area contributed by atoms with Gasteiger partial charge in [0.05, 0.1) is 0 Å². The number of rotatable bonds is 0. The van der Waals surface area contributed by atoms with Gasteiger partial charge >= 0.3 is 6.09 Å². The molecule has 0 atom stereocenters. The van der Waals surface area contributed by atoms with Gasteiger partial charge in [0.2, 0.25) is 0 Å². The summed E-state index contributed by atoms with van der Waals surface area (Å²) in [5, 5.41) is 13.9. The smallest absolute Gasteiger partial charge is 0.410 e. The Bertz CT molecular complexity index is 278. The predicted octanol–water partition coefficient (Wildman–Crippen LogP) is 1.06. The Kier molecular flexibility index (Phi) is 2.47. The van der Waals surface area contributed by atoms with Gasteiger partial charge in [-0.05, 0) is 19.1 Å². The van der Waals surface area contributed by atoms with E-state index in [4.69, 9.17) is 9.94 Å². The molecule has 5 heteroatoms. The summed E-state index contributed by atoms with van der Waals surface area (Å²) in [6.45, 7) is 1.72. The molecule has 1 rings (SSSR count). The molecule has 5 nitrogen and oxygen atoms in total. The summed E-state index contributed by atoms with van der Waals surface area (Å²) in [5.41, 5.74) is 0. The van der Waals surface area contributed by atoms with Gasteiger partial charge in [-0.15, -0.1) is 0 Å². The lowest BCUT2D eigenvalue weighted by atomic mass is 10.4. The van der Waals surface area contributed by atoms with Crippen LogP contribution in [-0.2, 0) is 4.84 Å². The van der Waals surface area contributed by atoms with Crippen molar-refractivity contribution in [2.45, 2.75) is 6.92 Å². The maximum Gasteiger partial charge on any atom is 0.410 e. The quantitative estimate of drug-likeness (QED) is 0.568. The number of amides is 1. The van der Waals surface area contributed by atoms with Crippen LogP contribution in [0.15, 0.2) is 29.1 Å². The second kappa shape index (κ2) is 3.56. The van der Waals surface area contributed by atoms with E-state index >= 15 is 0 Å². The van der Waals surface area contributed by atoms with Crippen LogP contribution in [0.4, 0.5) is 4.79 Å². The highest BCUT2D eigenvalue weighted by Gasteiger charge is 2.02. The summed E-state index contributed by atoms with van der Waals surface area (Å²) >= 11 is 0. The molecule has 1 heterocycles. The molecular formula is C7H8N2O3. The number of allylic oxidation sites excluding steroid dienone is 3. The van der Waals surface area contributed by atoms with Crippen molar-refractivity contribution in [3.8, 4) is 0 Å². The lowest BCUT2D eigenvalue weighted by molar-refractivity contribution is 0.198. The molecule has 2 N–H and O–H groups in total. The third-order valence-electron chi connectivity index (χ3n) is 1.11. The van der Waals surface area contributed by atoms with Crippen LogP contribution in [0.3, 0.4) is 0 Å². The number of oxime groups is 1. The van der Waals surface area contributed by atoms with Crippen LogP contribution in [0.5, 0.6) is 0 Å². The number of carbonyl (C=O) groups is 1. The Hall–Kier alpha value is -1.78. The van der Waals surface area contributed by atoms with Gasteiger partial charge in [-0.25, -0.2) is 4.79 Å².